The van der Waals surface area contributed by atoms with E-state index < -0.39 is 0 Å². The Morgan fingerprint density at radius 2 is 1.83 bits per heavy atom. The number of rotatable bonds is 4. The second-order valence-electron chi connectivity index (χ2n) is 5.75. The van der Waals surface area contributed by atoms with Crippen LogP contribution in [0.15, 0.2) is 59.8 Å². The van der Waals surface area contributed by atoms with Crippen molar-refractivity contribution >= 4 is 34.1 Å². The number of imidazole rings is 1. The maximum atomic E-state index is 4.62. The van der Waals surface area contributed by atoms with Crippen LogP contribution in [0.3, 0.4) is 0 Å². The van der Waals surface area contributed by atoms with Crippen LogP contribution in [0.5, 0.6) is 0 Å². The Morgan fingerprint density at radius 3 is 2.67 bits per heavy atom. The van der Waals surface area contributed by atoms with E-state index in [9.17, 15) is 0 Å². The molecule has 0 unspecified atom stereocenters. The fraction of sp³-hybridized carbons (Fsp3) is 0.158. The minimum absolute atomic E-state index is 0.759. The molecule has 0 fully saturated rings. The molecule has 0 aliphatic carbocycles. The summed E-state index contributed by atoms with van der Waals surface area (Å²) in [6.45, 7) is 2.94. The number of para-hydroxylation sites is 3. The molecule has 4 aromatic rings. The molecule has 0 saturated heterocycles. The highest BCUT2D eigenvalue weighted by molar-refractivity contribution is 5.99. The Kier molecular flexibility index (Phi) is 3.54. The number of nitrogens with one attached hydrogen (secondary N) is 1. The summed E-state index contributed by atoms with van der Waals surface area (Å²) in [7, 11) is 2.05. The number of fused-ring (bicyclic) bond motifs is 2. The summed E-state index contributed by atoms with van der Waals surface area (Å²) in [5, 5.41) is 5.60. The first kappa shape index (κ1) is 14.5. The third kappa shape index (κ3) is 2.34. The number of anilines is 1. The molecule has 0 aliphatic rings. The normalized spacial score (nSPS) is 11.8. The number of aromatic nitrogens is 3. The number of hydrogen-bond acceptors (Lipinski definition) is 3. The lowest BCUT2D eigenvalue weighted by molar-refractivity contribution is 0.791. The van der Waals surface area contributed by atoms with Gasteiger partial charge in [-0.05, 0) is 25.1 Å². The fourth-order valence-electron chi connectivity index (χ4n) is 3.12. The average Bonchev–Trinajstić information content (AvgIpc) is 3.13. The second kappa shape index (κ2) is 5.85. The van der Waals surface area contributed by atoms with E-state index in [-0.39, 0.29) is 0 Å². The van der Waals surface area contributed by atoms with E-state index in [1.165, 1.54) is 10.9 Å². The van der Waals surface area contributed by atoms with E-state index in [0.717, 1.165) is 29.1 Å². The quantitative estimate of drug-likeness (QED) is 0.457. The molecule has 2 aromatic heterocycles. The van der Waals surface area contributed by atoms with Crippen LogP contribution in [0.4, 0.5) is 5.95 Å². The van der Waals surface area contributed by atoms with Crippen molar-refractivity contribution in [3.8, 4) is 0 Å². The standard InChI is InChI=1S/C19H19N5/c1-3-24-18-11-7-5-9-16(18)21-19(24)22-20-12-14-13-23(2)17-10-6-4-8-15(14)17/h4-13H,3H2,1-2H3,(H,21,22)/b20-12-. The van der Waals surface area contributed by atoms with Gasteiger partial charge < -0.3 is 9.13 Å². The second-order valence-corrected chi connectivity index (χ2v) is 5.75. The van der Waals surface area contributed by atoms with E-state index >= 15 is 0 Å². The molecule has 4 rings (SSSR count). The zero-order valence-corrected chi connectivity index (χ0v) is 13.8. The van der Waals surface area contributed by atoms with Gasteiger partial charge in [-0.1, -0.05) is 30.3 Å². The minimum Gasteiger partial charge on any atom is -0.350 e. The first-order valence-corrected chi connectivity index (χ1v) is 8.06. The number of nitrogens with zero attached hydrogens (tertiary/aromatic N) is 4. The van der Waals surface area contributed by atoms with Crippen LogP contribution in [0, 0.1) is 0 Å². The van der Waals surface area contributed by atoms with Crippen molar-refractivity contribution < 1.29 is 0 Å². The van der Waals surface area contributed by atoms with E-state index in [4.69, 9.17) is 0 Å². The Hall–Kier alpha value is -3.08. The number of hydrogen-bond donors (Lipinski definition) is 1. The summed E-state index contributed by atoms with van der Waals surface area (Å²) in [6, 6.07) is 16.4. The zero-order valence-electron chi connectivity index (χ0n) is 13.8. The van der Waals surface area contributed by atoms with Gasteiger partial charge >= 0.3 is 0 Å². The summed E-state index contributed by atoms with van der Waals surface area (Å²) in [5.41, 5.74) is 7.45. The molecule has 0 spiro atoms. The largest absolute Gasteiger partial charge is 0.350 e. The van der Waals surface area contributed by atoms with Gasteiger partial charge in [0.05, 0.1) is 17.2 Å². The number of aryl methyl sites for hydroxylation is 2. The monoisotopic (exact) mass is 317 g/mol. The molecular formula is C19H19N5. The van der Waals surface area contributed by atoms with E-state index in [1.54, 1.807) is 0 Å². The Balaban J connectivity index is 1.66. The summed E-state index contributed by atoms with van der Waals surface area (Å²) in [5.74, 6) is 0.759. The Labute approximate surface area is 140 Å². The van der Waals surface area contributed by atoms with Gasteiger partial charge in [-0.2, -0.15) is 5.10 Å². The van der Waals surface area contributed by atoms with Gasteiger partial charge in [0.15, 0.2) is 0 Å². The smallest absolute Gasteiger partial charge is 0.224 e. The predicted octanol–water partition coefficient (Wildman–Crippen LogP) is 3.99. The molecule has 1 N–H and O–H groups in total. The minimum atomic E-state index is 0.759. The summed E-state index contributed by atoms with van der Waals surface area (Å²) in [6.07, 6.45) is 3.93. The molecular weight excluding hydrogens is 298 g/mol. The predicted molar refractivity (Wildman–Crippen MR) is 99.5 cm³/mol. The topological polar surface area (TPSA) is 47.1 Å². The fourth-order valence-corrected chi connectivity index (χ4v) is 3.12. The van der Waals surface area contributed by atoms with Crippen molar-refractivity contribution in [3.63, 3.8) is 0 Å². The molecule has 2 heterocycles. The first-order chi connectivity index (χ1) is 11.8. The zero-order chi connectivity index (χ0) is 16.5. The van der Waals surface area contributed by atoms with Gasteiger partial charge in [-0.25, -0.2) is 10.4 Å². The van der Waals surface area contributed by atoms with E-state index in [1.807, 2.05) is 43.6 Å². The number of benzene rings is 2. The molecule has 0 atom stereocenters. The molecule has 5 nitrogen and oxygen atoms in total. The maximum absolute atomic E-state index is 4.62. The molecule has 2 aromatic carbocycles. The van der Waals surface area contributed by atoms with Crippen LogP contribution in [0.25, 0.3) is 21.9 Å². The van der Waals surface area contributed by atoms with Crippen LogP contribution >= 0.6 is 0 Å². The van der Waals surface area contributed by atoms with Gasteiger partial charge in [-0.15, -0.1) is 0 Å². The molecule has 5 heteroatoms. The van der Waals surface area contributed by atoms with Crippen molar-refractivity contribution in [2.24, 2.45) is 12.1 Å². The van der Waals surface area contributed by atoms with Crippen LogP contribution < -0.4 is 5.43 Å². The van der Waals surface area contributed by atoms with Crippen molar-refractivity contribution in [2.45, 2.75) is 13.5 Å². The first-order valence-electron chi connectivity index (χ1n) is 8.06. The summed E-state index contributed by atoms with van der Waals surface area (Å²) >= 11 is 0. The highest BCUT2D eigenvalue weighted by atomic mass is 15.4. The number of hydrazone groups is 1. The molecule has 120 valence electrons. The van der Waals surface area contributed by atoms with Gasteiger partial charge in [0.1, 0.15) is 0 Å². The third-order valence-corrected chi connectivity index (χ3v) is 4.27. The van der Waals surface area contributed by atoms with E-state index in [0.29, 0.717) is 0 Å². The molecule has 24 heavy (non-hydrogen) atoms. The van der Waals surface area contributed by atoms with Crippen LogP contribution in [-0.2, 0) is 13.6 Å². The third-order valence-electron chi connectivity index (χ3n) is 4.27. The maximum Gasteiger partial charge on any atom is 0.224 e. The molecule has 0 aliphatic heterocycles. The van der Waals surface area contributed by atoms with Gasteiger partial charge in [0, 0.05) is 36.3 Å². The molecule has 0 saturated carbocycles. The van der Waals surface area contributed by atoms with Crippen molar-refractivity contribution in [1.29, 1.82) is 0 Å². The van der Waals surface area contributed by atoms with Crippen LogP contribution in [0.1, 0.15) is 12.5 Å². The van der Waals surface area contributed by atoms with Crippen molar-refractivity contribution in [1.82, 2.24) is 14.1 Å². The van der Waals surface area contributed by atoms with Crippen LogP contribution in [0.2, 0.25) is 0 Å². The van der Waals surface area contributed by atoms with Gasteiger partial charge in [0.2, 0.25) is 5.95 Å². The molecule has 0 bridgehead atoms. The van der Waals surface area contributed by atoms with Gasteiger partial charge in [-0.3, -0.25) is 0 Å². The average molecular weight is 317 g/mol. The van der Waals surface area contributed by atoms with E-state index in [2.05, 4.69) is 56.0 Å². The van der Waals surface area contributed by atoms with Gasteiger partial charge in [0.25, 0.3) is 0 Å². The SMILES string of the molecule is CCn1c(N/N=C\c2cn(C)c3ccccc23)nc2ccccc21. The molecule has 0 radical (unpaired) electrons. The van der Waals surface area contributed by atoms with Crippen molar-refractivity contribution in [2.75, 3.05) is 5.43 Å². The highest BCUT2D eigenvalue weighted by Gasteiger charge is 2.08. The Bertz CT molecular complexity index is 1040. The van der Waals surface area contributed by atoms with Crippen LogP contribution in [-0.4, -0.2) is 20.3 Å². The molecule has 0 amide bonds. The summed E-state index contributed by atoms with van der Waals surface area (Å²) < 4.78 is 4.23. The Morgan fingerprint density at radius 1 is 1.08 bits per heavy atom. The highest BCUT2D eigenvalue weighted by Crippen LogP contribution is 2.20. The lowest BCUT2D eigenvalue weighted by atomic mass is 10.2. The van der Waals surface area contributed by atoms with Crippen molar-refractivity contribution in [3.05, 3.63) is 60.3 Å². The lowest BCUT2D eigenvalue weighted by Gasteiger charge is -2.04. The summed E-state index contributed by atoms with van der Waals surface area (Å²) in [4.78, 5) is 4.62. The lowest BCUT2D eigenvalue weighted by Crippen LogP contribution is -2.01.